The van der Waals surface area contributed by atoms with Gasteiger partial charge in [-0.05, 0) is 89.1 Å². The van der Waals surface area contributed by atoms with E-state index >= 15 is 0 Å². The van der Waals surface area contributed by atoms with Gasteiger partial charge in [0, 0.05) is 12.1 Å². The van der Waals surface area contributed by atoms with E-state index in [-0.39, 0.29) is 58.7 Å². The number of nitrogens with one attached hydrogen (secondary N) is 3. The number of carbonyl (C=O) groups excluding carboxylic acids is 1. The maximum Gasteiger partial charge on any atom is 0.394 e. The summed E-state index contributed by atoms with van der Waals surface area (Å²) in [6, 6.07) is 7.14. The first kappa shape index (κ1) is 33.9. The van der Waals surface area contributed by atoms with Crippen molar-refractivity contribution in [3.05, 3.63) is 53.4 Å². The van der Waals surface area contributed by atoms with Crippen molar-refractivity contribution in [2.75, 3.05) is 25.0 Å². The smallest absolute Gasteiger partial charge is 0.394 e. The molecule has 250 valence electrons. The molecule has 0 spiro atoms. The van der Waals surface area contributed by atoms with Crippen LogP contribution in [0.3, 0.4) is 0 Å². The van der Waals surface area contributed by atoms with Crippen LogP contribution < -0.4 is 20.1 Å². The van der Waals surface area contributed by atoms with Gasteiger partial charge in [-0.2, -0.15) is 26.7 Å². The molecule has 3 aromatic heterocycles. The molecule has 5 rings (SSSR count). The van der Waals surface area contributed by atoms with E-state index in [1.807, 2.05) is 4.72 Å². The number of hydrogen-bond donors (Lipinski definition) is 3. The molecule has 1 aliphatic heterocycles. The molecule has 11 nitrogen and oxygen atoms in total. The van der Waals surface area contributed by atoms with Gasteiger partial charge in [0.25, 0.3) is 15.9 Å². The summed E-state index contributed by atoms with van der Waals surface area (Å²) in [6.45, 7) is 5.95. The number of nitrogens with zero attached hydrogens (tertiary/aromatic N) is 4. The van der Waals surface area contributed by atoms with Crippen LogP contribution in [0.25, 0.3) is 5.82 Å². The van der Waals surface area contributed by atoms with Gasteiger partial charge < -0.3 is 15.4 Å². The van der Waals surface area contributed by atoms with E-state index in [1.54, 1.807) is 6.07 Å². The molecule has 1 unspecified atom stereocenters. The highest BCUT2D eigenvalue weighted by Crippen LogP contribution is 2.59. The summed E-state index contributed by atoms with van der Waals surface area (Å²) >= 11 is 6.23. The number of anilines is 1. The molecule has 16 heteroatoms. The Bertz CT molecular complexity index is 1660. The number of rotatable bonds is 14. The van der Waals surface area contributed by atoms with Crippen molar-refractivity contribution in [1.29, 1.82) is 0 Å². The zero-order chi connectivity index (χ0) is 33.2. The van der Waals surface area contributed by atoms with Crippen molar-refractivity contribution in [3.8, 4) is 11.6 Å². The van der Waals surface area contributed by atoms with Gasteiger partial charge in [0.15, 0.2) is 16.6 Å². The fraction of sp³-hybridized carbons (Fsp3) is 0.533. The summed E-state index contributed by atoms with van der Waals surface area (Å²) in [5.41, 5.74) is -1.68. The molecule has 3 aromatic rings. The number of halogens is 4. The van der Waals surface area contributed by atoms with Gasteiger partial charge in [-0.1, -0.05) is 24.1 Å². The summed E-state index contributed by atoms with van der Waals surface area (Å²) in [4.78, 5) is 21.2. The second-order valence-corrected chi connectivity index (χ2v) is 14.5. The molecule has 1 atom stereocenters. The van der Waals surface area contributed by atoms with Gasteiger partial charge >= 0.3 is 6.18 Å². The lowest BCUT2D eigenvalue weighted by atomic mass is 9.93. The number of hydrogen-bond acceptors (Lipinski definition) is 9. The van der Waals surface area contributed by atoms with Crippen LogP contribution in [-0.4, -0.2) is 65.5 Å². The van der Waals surface area contributed by atoms with Gasteiger partial charge in [0.05, 0.1) is 30.0 Å². The van der Waals surface area contributed by atoms with E-state index in [4.69, 9.17) is 16.3 Å². The lowest BCUT2D eigenvalue weighted by Gasteiger charge is -2.18. The second kappa shape index (κ2) is 13.4. The Labute approximate surface area is 270 Å². The molecule has 46 heavy (non-hydrogen) atoms. The quantitative estimate of drug-likeness (QED) is 0.148. The zero-order valence-electron chi connectivity index (χ0n) is 25.5. The molecule has 0 aromatic carbocycles. The van der Waals surface area contributed by atoms with Crippen LogP contribution >= 0.6 is 11.6 Å². The number of sulfonamides is 1. The van der Waals surface area contributed by atoms with Gasteiger partial charge in [-0.3, -0.25) is 4.79 Å². The van der Waals surface area contributed by atoms with Crippen molar-refractivity contribution in [1.82, 2.24) is 29.8 Å². The van der Waals surface area contributed by atoms with E-state index in [9.17, 15) is 26.4 Å². The normalized spacial score (nSPS) is 18.7. The van der Waals surface area contributed by atoms with Gasteiger partial charge in [-0.15, -0.1) is 0 Å². The molecule has 1 saturated heterocycles. The lowest BCUT2D eigenvalue weighted by Crippen LogP contribution is -2.31. The number of amides is 1. The first-order valence-electron chi connectivity index (χ1n) is 15.1. The van der Waals surface area contributed by atoms with Crippen molar-refractivity contribution in [2.24, 2.45) is 11.3 Å². The Hall–Kier alpha value is -3.43. The fourth-order valence-corrected chi connectivity index (χ4v) is 6.75. The Morgan fingerprint density at radius 2 is 1.96 bits per heavy atom. The molecular weight excluding hydrogens is 647 g/mol. The molecule has 4 heterocycles. The maximum atomic E-state index is 13.1. The highest BCUT2D eigenvalue weighted by Gasteiger charge is 2.62. The molecule has 2 aliphatic rings. The predicted molar refractivity (Wildman–Crippen MR) is 166 cm³/mol. The van der Waals surface area contributed by atoms with E-state index in [0.717, 1.165) is 32.2 Å². The molecule has 2 fully saturated rings. The Morgan fingerprint density at radius 1 is 1.17 bits per heavy atom. The minimum Gasteiger partial charge on any atom is -0.490 e. The number of alkyl halides is 3. The summed E-state index contributed by atoms with van der Waals surface area (Å²) < 4.78 is 74.0. The van der Waals surface area contributed by atoms with Crippen LogP contribution in [0.15, 0.2) is 47.8 Å². The first-order valence-corrected chi connectivity index (χ1v) is 17.0. The molecule has 0 bridgehead atoms. The number of ether oxygens (including phenoxy) is 1. The molecule has 3 N–H and O–H groups in total. The fourth-order valence-electron chi connectivity index (χ4n) is 5.58. The summed E-state index contributed by atoms with van der Waals surface area (Å²) in [5.74, 6) is 0.441. The van der Waals surface area contributed by atoms with E-state index in [2.05, 4.69) is 39.5 Å². The molecule has 1 amide bonds. The van der Waals surface area contributed by atoms with Crippen LogP contribution in [0, 0.1) is 11.3 Å². The molecular formula is C30H37ClF3N7O4S. The highest BCUT2D eigenvalue weighted by atomic mass is 35.5. The number of unbranched alkanes of at least 4 members (excludes halogenated alkanes) is 1. The number of pyridine rings is 2. The Kier molecular flexibility index (Phi) is 9.85. The summed E-state index contributed by atoms with van der Waals surface area (Å²) in [6.07, 6.45) is 2.75. The standard InChI is InChI=1S/C30H37ClF3N7O4S/c1-28(2)16-20(17-36-28)6-3-4-14-35-23-7-5-8-25(38-23)46(43,44)40-27(42)22-9-10-24(39-26(22)31)41-19-21(18-37-41)45-15-13-29(11-12-29)30(32,33)34/h5,7-10,18-20,36H,3-4,6,11-17H2,1-2H3,(H,35,38)(H,40,42). The first-order chi connectivity index (χ1) is 21.7. The molecule has 0 radical (unpaired) electrons. The largest absolute Gasteiger partial charge is 0.490 e. The number of aromatic nitrogens is 4. The van der Waals surface area contributed by atoms with Gasteiger partial charge in [-0.25, -0.2) is 19.4 Å². The summed E-state index contributed by atoms with van der Waals surface area (Å²) in [5, 5.41) is 10.1. The van der Waals surface area contributed by atoms with Crippen molar-refractivity contribution >= 4 is 33.3 Å². The lowest BCUT2D eigenvalue weighted by molar-refractivity contribution is -0.190. The predicted octanol–water partition coefficient (Wildman–Crippen LogP) is 5.52. The van der Waals surface area contributed by atoms with Gasteiger partial charge in [0.1, 0.15) is 11.0 Å². The van der Waals surface area contributed by atoms with Crippen LogP contribution in [-0.2, 0) is 10.0 Å². The van der Waals surface area contributed by atoms with Crippen LogP contribution in [0.5, 0.6) is 5.75 Å². The average Bonchev–Trinajstić information content (AvgIpc) is 3.51. The van der Waals surface area contributed by atoms with Crippen molar-refractivity contribution < 1.29 is 31.1 Å². The van der Waals surface area contributed by atoms with E-state index in [1.165, 1.54) is 41.3 Å². The SMILES string of the molecule is CC1(C)CC(CCCCNc2cccc(S(=O)(=O)NC(=O)c3ccc(-n4cc(OCCC5(C(F)(F)F)CC5)cn4)nc3Cl)n2)CN1. The molecule has 1 saturated carbocycles. The third-order valence-electron chi connectivity index (χ3n) is 8.42. The third kappa shape index (κ3) is 8.28. The Morgan fingerprint density at radius 3 is 2.63 bits per heavy atom. The number of carbonyl (C=O) groups is 1. The van der Waals surface area contributed by atoms with Crippen LogP contribution in [0.4, 0.5) is 19.0 Å². The maximum absolute atomic E-state index is 13.1. The minimum absolute atomic E-state index is 0.0979. The molecule has 1 aliphatic carbocycles. The Balaban J connectivity index is 1.12. The van der Waals surface area contributed by atoms with Crippen LogP contribution in [0.2, 0.25) is 5.15 Å². The summed E-state index contributed by atoms with van der Waals surface area (Å²) in [7, 11) is -4.34. The average molecular weight is 684 g/mol. The zero-order valence-corrected chi connectivity index (χ0v) is 27.1. The monoisotopic (exact) mass is 683 g/mol. The third-order valence-corrected chi connectivity index (χ3v) is 9.94. The van der Waals surface area contributed by atoms with Crippen molar-refractivity contribution in [2.45, 2.75) is 75.5 Å². The van der Waals surface area contributed by atoms with Crippen LogP contribution in [0.1, 0.15) is 69.2 Å². The van der Waals surface area contributed by atoms with E-state index in [0.29, 0.717) is 18.3 Å². The highest BCUT2D eigenvalue weighted by molar-refractivity contribution is 7.90. The minimum atomic E-state index is -4.34. The topological polar surface area (TPSA) is 140 Å². The van der Waals surface area contributed by atoms with Crippen molar-refractivity contribution in [3.63, 3.8) is 0 Å². The van der Waals surface area contributed by atoms with Gasteiger partial charge in [0.2, 0.25) is 0 Å². The second-order valence-electron chi connectivity index (χ2n) is 12.6. The van der Waals surface area contributed by atoms with E-state index < -0.39 is 27.5 Å².